The molecule has 0 heterocycles. The van der Waals surface area contributed by atoms with Crippen molar-refractivity contribution in [2.45, 2.75) is 6.92 Å². The number of ketones is 1. The number of halogens is 2. The van der Waals surface area contributed by atoms with Gasteiger partial charge >= 0.3 is 0 Å². The van der Waals surface area contributed by atoms with E-state index in [1.54, 1.807) is 12.1 Å². The molecule has 0 atom stereocenters. The van der Waals surface area contributed by atoms with Crippen LogP contribution < -0.4 is 0 Å². The van der Waals surface area contributed by atoms with Gasteiger partial charge in [0.25, 0.3) is 0 Å². The lowest BCUT2D eigenvalue weighted by molar-refractivity contribution is 0.104. The monoisotopic (exact) mass is 342 g/mol. The molecule has 1 nitrogen and oxygen atoms in total. The summed E-state index contributed by atoms with van der Waals surface area (Å²) in [5, 5.41) is 1.93. The summed E-state index contributed by atoms with van der Waals surface area (Å²) < 4.78 is 14.1. The Bertz CT molecular complexity index is 835. The molecule has 0 spiro atoms. The van der Waals surface area contributed by atoms with Gasteiger partial charge in [0.2, 0.25) is 0 Å². The molecule has 3 aromatic rings. The molecule has 3 rings (SSSR count). The van der Waals surface area contributed by atoms with Gasteiger partial charge < -0.3 is 0 Å². The second-order valence-corrected chi connectivity index (χ2v) is 5.88. The summed E-state index contributed by atoms with van der Waals surface area (Å²) >= 11 is 3.22. The molecule has 3 heteroatoms. The Morgan fingerprint density at radius 2 is 1.71 bits per heavy atom. The summed E-state index contributed by atoms with van der Waals surface area (Å²) in [5.74, 6) is -0.601. The normalized spacial score (nSPS) is 10.8. The van der Waals surface area contributed by atoms with Crippen LogP contribution in [0.2, 0.25) is 0 Å². The van der Waals surface area contributed by atoms with Crippen LogP contribution in [0.3, 0.4) is 0 Å². The zero-order chi connectivity index (χ0) is 15.0. The SMILES string of the molecule is Cc1ccc(C(=O)c2cc(F)cc(Br)c2)c2ccccc12. The maximum absolute atomic E-state index is 13.5. The van der Waals surface area contributed by atoms with Crippen molar-refractivity contribution in [3.8, 4) is 0 Å². The van der Waals surface area contributed by atoms with Crippen LogP contribution in [0.25, 0.3) is 10.8 Å². The molecule has 0 bridgehead atoms. The number of fused-ring (bicyclic) bond motifs is 1. The first-order valence-electron chi connectivity index (χ1n) is 6.55. The highest BCUT2D eigenvalue weighted by atomic mass is 79.9. The minimum absolute atomic E-state index is 0.175. The molecule has 0 fully saturated rings. The van der Waals surface area contributed by atoms with Crippen LogP contribution in [0.1, 0.15) is 21.5 Å². The van der Waals surface area contributed by atoms with Crippen molar-refractivity contribution >= 4 is 32.5 Å². The van der Waals surface area contributed by atoms with Crippen LogP contribution in [0.15, 0.2) is 59.1 Å². The lowest BCUT2D eigenvalue weighted by atomic mass is 9.95. The van der Waals surface area contributed by atoms with Crippen molar-refractivity contribution in [1.29, 1.82) is 0 Å². The van der Waals surface area contributed by atoms with E-state index in [2.05, 4.69) is 15.9 Å². The summed E-state index contributed by atoms with van der Waals surface area (Å²) in [6, 6.07) is 15.7. The highest BCUT2D eigenvalue weighted by Gasteiger charge is 2.14. The van der Waals surface area contributed by atoms with Gasteiger partial charge in [0.1, 0.15) is 5.82 Å². The lowest BCUT2D eigenvalue weighted by Crippen LogP contribution is -2.03. The summed E-state index contributed by atoms with van der Waals surface area (Å²) in [6.45, 7) is 2.01. The van der Waals surface area contributed by atoms with Gasteiger partial charge in [0, 0.05) is 15.6 Å². The number of carbonyl (C=O) groups excluding carboxylic acids is 1. The molecule has 0 aromatic heterocycles. The smallest absolute Gasteiger partial charge is 0.193 e. The van der Waals surface area contributed by atoms with Crippen LogP contribution >= 0.6 is 15.9 Å². The number of carbonyl (C=O) groups is 1. The second-order valence-electron chi connectivity index (χ2n) is 4.96. The highest BCUT2D eigenvalue weighted by Crippen LogP contribution is 2.25. The summed E-state index contributed by atoms with van der Waals surface area (Å²) in [6.07, 6.45) is 0. The van der Waals surface area contributed by atoms with Crippen molar-refractivity contribution in [2.24, 2.45) is 0 Å². The van der Waals surface area contributed by atoms with Crippen molar-refractivity contribution in [1.82, 2.24) is 0 Å². The molecule has 0 unspecified atom stereocenters. The Hall–Kier alpha value is -2.00. The van der Waals surface area contributed by atoms with Gasteiger partial charge in [0.15, 0.2) is 5.78 Å². The standard InChI is InChI=1S/C18H12BrFO/c1-11-6-7-17(16-5-3-2-4-15(11)16)18(21)12-8-13(19)10-14(20)9-12/h2-10H,1H3. The fourth-order valence-electron chi connectivity index (χ4n) is 2.49. The van der Waals surface area contributed by atoms with E-state index in [1.807, 2.05) is 37.3 Å². The molecular weight excluding hydrogens is 331 g/mol. The molecule has 21 heavy (non-hydrogen) atoms. The van der Waals surface area contributed by atoms with Gasteiger partial charge in [-0.2, -0.15) is 0 Å². The summed E-state index contributed by atoms with van der Waals surface area (Å²) in [7, 11) is 0. The molecular formula is C18H12BrFO. The largest absolute Gasteiger partial charge is 0.289 e. The van der Waals surface area contributed by atoms with E-state index in [4.69, 9.17) is 0 Å². The number of aryl methyl sites for hydroxylation is 1. The van der Waals surface area contributed by atoms with Gasteiger partial charge in [-0.25, -0.2) is 4.39 Å². The van der Waals surface area contributed by atoms with Gasteiger partial charge in [-0.1, -0.05) is 52.3 Å². The van der Waals surface area contributed by atoms with E-state index in [0.29, 0.717) is 15.6 Å². The fraction of sp³-hybridized carbons (Fsp3) is 0.0556. The molecule has 3 aromatic carbocycles. The minimum Gasteiger partial charge on any atom is -0.289 e. The maximum atomic E-state index is 13.5. The molecule has 0 radical (unpaired) electrons. The zero-order valence-corrected chi connectivity index (χ0v) is 12.9. The van der Waals surface area contributed by atoms with Crippen molar-refractivity contribution in [3.05, 3.63) is 81.6 Å². The predicted octanol–water partition coefficient (Wildman–Crippen LogP) is 5.28. The highest BCUT2D eigenvalue weighted by molar-refractivity contribution is 9.10. The number of rotatable bonds is 2. The Balaban J connectivity index is 2.20. The Kier molecular flexibility index (Phi) is 3.60. The summed E-state index contributed by atoms with van der Waals surface area (Å²) in [5.41, 5.74) is 2.05. The van der Waals surface area contributed by atoms with Gasteiger partial charge in [-0.05, 0) is 41.5 Å². The van der Waals surface area contributed by atoms with E-state index in [1.165, 1.54) is 12.1 Å². The average Bonchev–Trinajstić information content (AvgIpc) is 2.46. The Morgan fingerprint density at radius 3 is 2.43 bits per heavy atom. The molecule has 0 aliphatic carbocycles. The molecule has 0 aliphatic heterocycles. The van der Waals surface area contributed by atoms with Crippen LogP contribution in [0.5, 0.6) is 0 Å². The Labute approximate surface area is 130 Å². The minimum atomic E-state index is -0.427. The fourth-order valence-corrected chi connectivity index (χ4v) is 2.95. The number of hydrogen-bond acceptors (Lipinski definition) is 1. The first-order valence-corrected chi connectivity index (χ1v) is 7.35. The first kappa shape index (κ1) is 14.0. The average molecular weight is 343 g/mol. The maximum Gasteiger partial charge on any atom is 0.193 e. The van der Waals surface area contributed by atoms with Crippen LogP contribution in [0.4, 0.5) is 4.39 Å². The van der Waals surface area contributed by atoms with Crippen LogP contribution in [-0.2, 0) is 0 Å². The molecule has 0 amide bonds. The molecule has 0 aliphatic rings. The van der Waals surface area contributed by atoms with Gasteiger partial charge in [-0.3, -0.25) is 4.79 Å². The predicted molar refractivity (Wildman–Crippen MR) is 86.2 cm³/mol. The zero-order valence-electron chi connectivity index (χ0n) is 11.4. The van der Waals surface area contributed by atoms with E-state index in [-0.39, 0.29) is 5.78 Å². The third-order valence-electron chi connectivity index (χ3n) is 3.51. The third-order valence-corrected chi connectivity index (χ3v) is 3.97. The lowest BCUT2D eigenvalue weighted by Gasteiger charge is -2.09. The molecule has 0 saturated heterocycles. The van der Waals surface area contributed by atoms with Crippen LogP contribution in [0, 0.1) is 12.7 Å². The first-order chi connectivity index (χ1) is 10.1. The summed E-state index contributed by atoms with van der Waals surface area (Å²) in [4.78, 5) is 12.7. The van der Waals surface area contributed by atoms with Gasteiger partial charge in [-0.15, -0.1) is 0 Å². The quantitative estimate of drug-likeness (QED) is 0.579. The van der Waals surface area contributed by atoms with Crippen molar-refractivity contribution in [2.75, 3.05) is 0 Å². The molecule has 0 saturated carbocycles. The van der Waals surface area contributed by atoms with E-state index < -0.39 is 5.82 Å². The topological polar surface area (TPSA) is 17.1 Å². The van der Waals surface area contributed by atoms with Crippen molar-refractivity contribution < 1.29 is 9.18 Å². The van der Waals surface area contributed by atoms with E-state index >= 15 is 0 Å². The van der Waals surface area contributed by atoms with Gasteiger partial charge in [0.05, 0.1) is 0 Å². The molecule has 0 N–H and O–H groups in total. The van der Waals surface area contributed by atoms with Crippen molar-refractivity contribution in [3.63, 3.8) is 0 Å². The van der Waals surface area contributed by atoms with E-state index in [9.17, 15) is 9.18 Å². The van der Waals surface area contributed by atoms with E-state index in [0.717, 1.165) is 16.3 Å². The molecule has 104 valence electrons. The Morgan fingerprint density at radius 1 is 1.00 bits per heavy atom. The number of benzene rings is 3. The van der Waals surface area contributed by atoms with Crippen LogP contribution in [-0.4, -0.2) is 5.78 Å². The third kappa shape index (κ3) is 2.61. The second kappa shape index (κ2) is 5.41. The number of hydrogen-bond donors (Lipinski definition) is 0.